The fraction of sp³-hybridized carbons (Fsp3) is 0.125. The van der Waals surface area contributed by atoms with Gasteiger partial charge < -0.3 is 4.42 Å². The van der Waals surface area contributed by atoms with Gasteiger partial charge in [-0.05, 0) is 11.6 Å². The van der Waals surface area contributed by atoms with Gasteiger partial charge in [0, 0.05) is 4.91 Å². The van der Waals surface area contributed by atoms with Crippen molar-refractivity contribution < 1.29 is 9.21 Å². The van der Waals surface area contributed by atoms with Crippen molar-refractivity contribution in [1.29, 1.82) is 0 Å². The first kappa shape index (κ1) is 8.91. The molecule has 0 aromatic carbocycles. The van der Waals surface area contributed by atoms with Crippen LogP contribution in [0.2, 0.25) is 0 Å². The summed E-state index contributed by atoms with van der Waals surface area (Å²) in [6, 6.07) is 1.58. The van der Waals surface area contributed by atoms with Crippen molar-refractivity contribution in [3.63, 3.8) is 0 Å². The molecule has 0 aliphatic rings. The Labute approximate surface area is 74.0 Å². The predicted octanol–water partition coefficient (Wildman–Crippen LogP) is 1.75. The Morgan fingerprint density at radius 1 is 1.77 bits per heavy atom. The minimum atomic E-state index is 0.0833. The molecule has 0 amide bonds. The third kappa shape index (κ3) is 2.40. The summed E-state index contributed by atoms with van der Waals surface area (Å²) in [4.78, 5) is 12.9. The topological polar surface area (TPSA) is 79.0 Å². The van der Waals surface area contributed by atoms with E-state index in [1.165, 1.54) is 6.26 Å². The first-order valence-corrected chi connectivity index (χ1v) is 3.41. The summed E-state index contributed by atoms with van der Waals surface area (Å²) in [7, 11) is 0. The van der Waals surface area contributed by atoms with Gasteiger partial charge in [0.05, 0.1) is 18.4 Å². The first-order chi connectivity index (χ1) is 6.38. The number of azide groups is 1. The minimum Gasteiger partial charge on any atom is -0.460 e. The Kier molecular flexibility index (Phi) is 3.19. The molecule has 64 valence electrons. The molecule has 0 radical (unpaired) electrons. The van der Waals surface area contributed by atoms with Crippen LogP contribution in [0.25, 0.3) is 10.4 Å². The summed E-state index contributed by atoms with van der Waals surface area (Å²) in [5.74, 6) is 5.40. The summed E-state index contributed by atoms with van der Waals surface area (Å²) in [6.07, 6.45) is 1.96. The molecule has 1 aromatic rings. The molecule has 5 nitrogen and oxygen atoms in total. The fourth-order valence-corrected chi connectivity index (χ4v) is 0.717. The second-order valence-electron chi connectivity index (χ2n) is 2.01. The zero-order valence-electron chi connectivity index (χ0n) is 6.60. The minimum absolute atomic E-state index is 0.0833. The second kappa shape index (κ2) is 4.65. The first-order valence-electron chi connectivity index (χ1n) is 3.41. The SMILES string of the molecule is [N-]=[N+]=NCC#Cc1ccoc1C=O. The number of hydrogen-bond donors (Lipinski definition) is 0. The van der Waals surface area contributed by atoms with Gasteiger partial charge >= 0.3 is 0 Å². The highest BCUT2D eigenvalue weighted by Crippen LogP contribution is 2.05. The quantitative estimate of drug-likeness (QED) is 0.225. The molecule has 0 aliphatic carbocycles. The van der Waals surface area contributed by atoms with Gasteiger partial charge in [-0.25, -0.2) is 0 Å². The van der Waals surface area contributed by atoms with Crippen molar-refractivity contribution in [2.45, 2.75) is 0 Å². The highest BCUT2D eigenvalue weighted by Gasteiger charge is 1.99. The number of furan rings is 1. The van der Waals surface area contributed by atoms with Crippen LogP contribution in [0.5, 0.6) is 0 Å². The van der Waals surface area contributed by atoms with Crippen molar-refractivity contribution in [1.82, 2.24) is 0 Å². The summed E-state index contributed by atoms with van der Waals surface area (Å²) in [6.45, 7) is 0.0833. The highest BCUT2D eigenvalue weighted by atomic mass is 16.3. The van der Waals surface area contributed by atoms with Crippen LogP contribution in [0.15, 0.2) is 21.9 Å². The predicted molar refractivity (Wildman–Crippen MR) is 45.0 cm³/mol. The number of carbonyl (C=O) groups is 1. The zero-order valence-corrected chi connectivity index (χ0v) is 6.60. The Morgan fingerprint density at radius 2 is 2.62 bits per heavy atom. The molecule has 13 heavy (non-hydrogen) atoms. The number of aldehydes is 1. The lowest BCUT2D eigenvalue weighted by atomic mass is 10.2. The lowest BCUT2D eigenvalue weighted by Crippen LogP contribution is -1.79. The van der Waals surface area contributed by atoms with E-state index in [0.29, 0.717) is 11.8 Å². The Balaban J connectivity index is 2.76. The molecule has 0 N–H and O–H groups in total. The van der Waals surface area contributed by atoms with Crippen LogP contribution in [0.1, 0.15) is 16.1 Å². The maximum absolute atomic E-state index is 10.3. The maximum atomic E-state index is 10.3. The zero-order chi connectivity index (χ0) is 9.52. The van der Waals surface area contributed by atoms with E-state index >= 15 is 0 Å². The number of carbonyl (C=O) groups excluding carboxylic acids is 1. The van der Waals surface area contributed by atoms with Gasteiger partial charge in [0.15, 0.2) is 12.0 Å². The fourth-order valence-electron chi connectivity index (χ4n) is 0.717. The van der Waals surface area contributed by atoms with E-state index in [9.17, 15) is 4.79 Å². The molecule has 0 atom stereocenters. The van der Waals surface area contributed by atoms with Crippen molar-refractivity contribution in [3.8, 4) is 11.8 Å². The molecule has 1 rings (SSSR count). The van der Waals surface area contributed by atoms with Crippen molar-refractivity contribution >= 4 is 6.29 Å². The molecule has 0 fully saturated rings. The maximum Gasteiger partial charge on any atom is 0.186 e. The molecule has 0 spiro atoms. The van der Waals surface area contributed by atoms with E-state index in [4.69, 9.17) is 9.95 Å². The number of nitrogens with zero attached hydrogens (tertiary/aromatic N) is 3. The standard InChI is InChI=1S/C8H5N3O2/c9-11-10-4-1-2-7-3-5-13-8(7)6-12/h3,5-6H,4H2. The van der Waals surface area contributed by atoms with Crippen LogP contribution in [0.4, 0.5) is 0 Å². The monoisotopic (exact) mass is 175 g/mol. The third-order valence-corrected chi connectivity index (χ3v) is 1.24. The van der Waals surface area contributed by atoms with Crippen molar-refractivity contribution in [2.24, 2.45) is 5.11 Å². The van der Waals surface area contributed by atoms with E-state index in [-0.39, 0.29) is 12.3 Å². The summed E-state index contributed by atoms with van der Waals surface area (Å²) >= 11 is 0. The van der Waals surface area contributed by atoms with Crippen molar-refractivity contribution in [3.05, 3.63) is 34.1 Å². The molecule has 0 saturated heterocycles. The number of hydrogen-bond acceptors (Lipinski definition) is 3. The van der Waals surface area contributed by atoms with E-state index in [1.54, 1.807) is 6.07 Å². The van der Waals surface area contributed by atoms with Crippen LogP contribution in [-0.4, -0.2) is 12.8 Å². The van der Waals surface area contributed by atoms with Gasteiger partial charge in [-0.1, -0.05) is 17.0 Å². The normalized spacial score (nSPS) is 8.00. The van der Waals surface area contributed by atoms with E-state index < -0.39 is 0 Å². The Hall–Kier alpha value is -2.18. The van der Waals surface area contributed by atoms with Crippen LogP contribution in [0, 0.1) is 11.8 Å². The average Bonchev–Trinajstić information content (AvgIpc) is 2.60. The molecular weight excluding hydrogens is 170 g/mol. The smallest absolute Gasteiger partial charge is 0.186 e. The molecule has 0 bridgehead atoms. The lowest BCUT2D eigenvalue weighted by molar-refractivity contribution is 0.110. The molecule has 0 saturated carbocycles. The molecule has 1 aromatic heterocycles. The second-order valence-corrected chi connectivity index (χ2v) is 2.01. The molecular formula is C8H5N3O2. The van der Waals surface area contributed by atoms with E-state index in [1.807, 2.05) is 0 Å². The number of rotatable bonds is 2. The third-order valence-electron chi connectivity index (χ3n) is 1.24. The van der Waals surface area contributed by atoms with Crippen LogP contribution in [0.3, 0.4) is 0 Å². The molecule has 1 heterocycles. The highest BCUT2D eigenvalue weighted by molar-refractivity contribution is 5.75. The van der Waals surface area contributed by atoms with Gasteiger partial charge in [-0.15, -0.1) is 0 Å². The Bertz CT molecular complexity index is 405. The largest absolute Gasteiger partial charge is 0.460 e. The van der Waals surface area contributed by atoms with E-state index in [2.05, 4.69) is 21.9 Å². The van der Waals surface area contributed by atoms with Gasteiger partial charge in [0.1, 0.15) is 0 Å². The Morgan fingerprint density at radius 3 is 3.31 bits per heavy atom. The lowest BCUT2D eigenvalue weighted by Gasteiger charge is -1.80. The molecule has 0 aliphatic heterocycles. The van der Waals surface area contributed by atoms with Gasteiger partial charge in [-0.3, -0.25) is 4.79 Å². The van der Waals surface area contributed by atoms with E-state index in [0.717, 1.165) is 0 Å². The molecule has 5 heteroatoms. The summed E-state index contributed by atoms with van der Waals surface area (Å²) in [5, 5.41) is 3.21. The summed E-state index contributed by atoms with van der Waals surface area (Å²) < 4.78 is 4.80. The van der Waals surface area contributed by atoms with Crippen LogP contribution in [-0.2, 0) is 0 Å². The molecule has 0 unspecified atom stereocenters. The van der Waals surface area contributed by atoms with Gasteiger partial charge in [0.25, 0.3) is 0 Å². The van der Waals surface area contributed by atoms with Gasteiger partial charge in [0.2, 0.25) is 0 Å². The van der Waals surface area contributed by atoms with Gasteiger partial charge in [-0.2, -0.15) is 0 Å². The van der Waals surface area contributed by atoms with Crippen molar-refractivity contribution in [2.75, 3.05) is 6.54 Å². The summed E-state index contributed by atoms with van der Waals surface area (Å²) in [5.41, 5.74) is 8.44. The van der Waals surface area contributed by atoms with Crippen LogP contribution >= 0.6 is 0 Å². The van der Waals surface area contributed by atoms with Crippen LogP contribution < -0.4 is 0 Å². The average molecular weight is 175 g/mol.